The van der Waals surface area contributed by atoms with Crippen LogP contribution in [0.3, 0.4) is 0 Å². The van der Waals surface area contributed by atoms with E-state index in [9.17, 15) is 9.59 Å². The van der Waals surface area contributed by atoms with E-state index >= 15 is 0 Å². The first kappa shape index (κ1) is 16.5. The molecule has 0 aromatic heterocycles. The van der Waals surface area contributed by atoms with Gasteiger partial charge in [-0.2, -0.15) is 0 Å². The van der Waals surface area contributed by atoms with Gasteiger partial charge >= 0.3 is 157 Å². The molecule has 0 bridgehead atoms. The first-order valence-corrected chi connectivity index (χ1v) is 13.8. The topological polar surface area (TPSA) is 49.4 Å². The van der Waals surface area contributed by atoms with Gasteiger partial charge in [-0.05, 0) is 0 Å². The van der Waals surface area contributed by atoms with E-state index in [4.69, 9.17) is 23.8 Å². The quantitative estimate of drug-likeness (QED) is 0.376. The van der Waals surface area contributed by atoms with E-state index in [1.54, 1.807) is 24.3 Å². The summed E-state index contributed by atoms with van der Waals surface area (Å²) in [5.41, 5.74) is 0.678. The van der Waals surface area contributed by atoms with Crippen LogP contribution in [0.1, 0.15) is 0 Å². The third-order valence-corrected chi connectivity index (χ3v) is 12.2. The number of thiocarbonyl (C=S) groups is 1. The van der Waals surface area contributed by atoms with Gasteiger partial charge in [0.2, 0.25) is 0 Å². The summed E-state index contributed by atoms with van der Waals surface area (Å²) in [6, 6.07) is 16.5. The van der Waals surface area contributed by atoms with Gasteiger partial charge in [-0.1, -0.05) is 0 Å². The molecule has 0 radical (unpaired) electrons. The molecule has 1 aliphatic rings. The zero-order chi connectivity index (χ0) is 16.4. The van der Waals surface area contributed by atoms with Crippen LogP contribution < -0.4 is 13.3 Å². The Labute approximate surface area is 156 Å². The Balaban J connectivity index is 1.88. The summed E-state index contributed by atoms with van der Waals surface area (Å²) >= 11 is 9.05. The van der Waals surface area contributed by atoms with Gasteiger partial charge < -0.3 is 0 Å². The molecule has 0 spiro atoms. The Morgan fingerprint density at radius 3 is 2.35 bits per heavy atom. The van der Waals surface area contributed by atoms with E-state index in [1.807, 2.05) is 30.3 Å². The van der Waals surface area contributed by atoms with Crippen molar-refractivity contribution in [1.82, 2.24) is 5.32 Å². The van der Waals surface area contributed by atoms with Gasteiger partial charge in [0.1, 0.15) is 0 Å². The number of carbonyl (C=O) groups is 2. The third-order valence-electron chi connectivity index (χ3n) is 3.64. The molecule has 1 unspecified atom stereocenters. The van der Waals surface area contributed by atoms with Crippen molar-refractivity contribution < 1.29 is 34.2 Å². The summed E-state index contributed by atoms with van der Waals surface area (Å²) in [5.74, 6) is -0.495. The third kappa shape index (κ3) is 3.62. The van der Waals surface area contributed by atoms with Gasteiger partial charge in [0.25, 0.3) is 0 Å². The van der Waals surface area contributed by atoms with Crippen molar-refractivity contribution >= 4 is 49.5 Å². The normalized spacial score (nSPS) is 17.7. The molecule has 0 aliphatic carbocycles. The predicted octanol–water partition coefficient (Wildman–Crippen LogP) is 2.28. The average Bonchev–Trinajstić information content (AvgIpc) is 2.54. The minimum atomic E-state index is -2.02. The number of halogens is 1. The second-order valence-electron chi connectivity index (χ2n) is 5.19. The van der Waals surface area contributed by atoms with E-state index in [1.165, 1.54) is 4.90 Å². The molecule has 2 aromatic rings. The molecule has 7 heteroatoms. The van der Waals surface area contributed by atoms with Crippen LogP contribution in [0.15, 0.2) is 54.6 Å². The molecule has 0 saturated carbocycles. The van der Waals surface area contributed by atoms with Crippen molar-refractivity contribution in [2.24, 2.45) is 0 Å². The number of rotatable bonds is 3. The van der Waals surface area contributed by atoms with E-state index in [0.717, 1.165) is 3.07 Å². The van der Waals surface area contributed by atoms with Crippen LogP contribution in [0, 0.1) is 0 Å². The Kier molecular flexibility index (Phi) is 5.09. The Bertz CT molecular complexity index is 767. The Morgan fingerprint density at radius 2 is 1.70 bits per heavy atom. The molecule has 1 atom stereocenters. The Hall–Kier alpha value is -1.30. The fraction of sp³-hybridized carbons (Fsp3) is 0.0625. The summed E-state index contributed by atoms with van der Waals surface area (Å²) in [4.78, 5) is 26.5. The fourth-order valence-corrected chi connectivity index (χ4v) is 9.21. The van der Waals surface area contributed by atoms with E-state index in [2.05, 4.69) is 5.32 Å². The van der Waals surface area contributed by atoms with Gasteiger partial charge in [-0.3, -0.25) is 0 Å². The molecule has 23 heavy (non-hydrogen) atoms. The van der Waals surface area contributed by atoms with Gasteiger partial charge in [0.15, 0.2) is 0 Å². The first-order chi connectivity index (χ1) is 11.1. The fourth-order valence-electron chi connectivity index (χ4n) is 2.47. The molecule has 1 aliphatic heterocycles. The number of anilines is 1. The number of carbonyl (C=O) groups excluding carboxylic acids is 2. The van der Waals surface area contributed by atoms with E-state index in [0.29, 0.717) is 10.7 Å². The standard InChI is InChI=1S/C10H7N2O2S.C6H4Cl.Hg/c13-8-6-9(14)12(10(15)11-8)7-4-2-1-3-5-7;7-6-4-2-1-3-5-6;/h1-6H,(H,11,13,15);2-5H;. The summed E-state index contributed by atoms with van der Waals surface area (Å²) in [6.45, 7) is 0. The average molecular weight is 531 g/mol. The van der Waals surface area contributed by atoms with Gasteiger partial charge in [0.05, 0.1) is 0 Å². The Morgan fingerprint density at radius 1 is 1.04 bits per heavy atom. The first-order valence-electron chi connectivity index (χ1n) is 7.04. The van der Waals surface area contributed by atoms with Crippen LogP contribution in [-0.4, -0.2) is 16.9 Å². The van der Waals surface area contributed by atoms with E-state index < -0.39 is 28.0 Å². The molecule has 1 fully saturated rings. The molecule has 2 aromatic carbocycles. The molecule has 1 heterocycles. The van der Waals surface area contributed by atoms with Crippen molar-refractivity contribution in [1.29, 1.82) is 0 Å². The van der Waals surface area contributed by atoms with Gasteiger partial charge in [0, 0.05) is 0 Å². The monoisotopic (exact) mass is 532 g/mol. The number of nitrogens with one attached hydrogen (secondary N) is 1. The van der Waals surface area contributed by atoms with Crippen LogP contribution in [0.2, 0.25) is 8.45 Å². The van der Waals surface area contributed by atoms with Crippen LogP contribution in [-0.2, 0) is 34.2 Å². The van der Waals surface area contributed by atoms with Crippen LogP contribution in [0.25, 0.3) is 0 Å². The number of para-hydroxylation sites is 1. The van der Waals surface area contributed by atoms with Crippen molar-refractivity contribution in [2.75, 3.05) is 4.90 Å². The summed E-state index contributed by atoms with van der Waals surface area (Å²) in [7, 11) is 0. The van der Waals surface area contributed by atoms with Crippen molar-refractivity contribution in [3.8, 4) is 0 Å². The number of amides is 2. The summed E-state index contributed by atoms with van der Waals surface area (Å²) < 4.78 is 0.492. The second kappa shape index (κ2) is 7.07. The SMILES string of the molecule is O=C1NC(=S)N(c2ccccc2)C(=O)[CH]1[Hg][c]1ccc(Cl)cc1. The number of nitrogens with zero attached hydrogens (tertiary/aromatic N) is 1. The molecule has 1 saturated heterocycles. The second-order valence-corrected chi connectivity index (χ2v) is 13.9. The maximum absolute atomic E-state index is 12.8. The van der Waals surface area contributed by atoms with E-state index in [-0.39, 0.29) is 16.9 Å². The minimum absolute atomic E-state index is 0.145. The zero-order valence-electron chi connectivity index (χ0n) is 12.0. The van der Waals surface area contributed by atoms with Crippen LogP contribution in [0.5, 0.6) is 0 Å². The number of benzene rings is 2. The van der Waals surface area contributed by atoms with Crippen molar-refractivity contribution in [2.45, 2.75) is 3.43 Å². The molecule has 1 N–H and O–H groups in total. The number of hydrogen-bond acceptors (Lipinski definition) is 3. The molecule has 4 nitrogen and oxygen atoms in total. The van der Waals surface area contributed by atoms with Gasteiger partial charge in [-0.15, -0.1) is 0 Å². The molecule has 3 rings (SSSR count). The molecular weight excluding hydrogens is 520 g/mol. The van der Waals surface area contributed by atoms with Gasteiger partial charge in [-0.25, -0.2) is 0 Å². The summed E-state index contributed by atoms with van der Waals surface area (Å²) in [5, 5.41) is 3.46. The van der Waals surface area contributed by atoms with Crippen molar-refractivity contribution in [3.05, 3.63) is 59.6 Å². The number of hydrogen-bond donors (Lipinski definition) is 1. The van der Waals surface area contributed by atoms with Crippen molar-refractivity contribution in [3.63, 3.8) is 0 Å². The molecular formula is C16H11ClHgN2O2S. The maximum atomic E-state index is 12.8. The van der Waals surface area contributed by atoms with Crippen LogP contribution in [0.4, 0.5) is 5.69 Å². The zero-order valence-corrected chi connectivity index (χ0v) is 19.1. The summed E-state index contributed by atoms with van der Waals surface area (Å²) in [6.07, 6.45) is 0. The predicted molar refractivity (Wildman–Crippen MR) is 89.5 cm³/mol. The van der Waals surface area contributed by atoms with Crippen LogP contribution >= 0.6 is 23.8 Å². The molecule has 112 valence electrons. The molecule has 2 amide bonds.